The van der Waals surface area contributed by atoms with E-state index in [0.29, 0.717) is 25.3 Å². The van der Waals surface area contributed by atoms with Crippen LogP contribution < -0.4 is 5.32 Å². The van der Waals surface area contributed by atoms with Crippen LogP contribution in [0.25, 0.3) is 0 Å². The van der Waals surface area contributed by atoms with Crippen molar-refractivity contribution >= 4 is 11.8 Å². The highest BCUT2D eigenvalue weighted by atomic mass is 16.6. The molecule has 0 radical (unpaired) electrons. The second-order valence-electron chi connectivity index (χ2n) is 6.23. The summed E-state index contributed by atoms with van der Waals surface area (Å²) in [5, 5.41) is 18.2. The summed E-state index contributed by atoms with van der Waals surface area (Å²) in [5.74, 6) is 0. The number of nitrogens with zero attached hydrogens (tertiary/aromatic N) is 4. The van der Waals surface area contributed by atoms with Gasteiger partial charge in [-0.25, -0.2) is 4.79 Å². The van der Waals surface area contributed by atoms with Crippen molar-refractivity contribution < 1.29 is 14.5 Å². The average molecular weight is 311 g/mol. The molecule has 9 heteroatoms. The van der Waals surface area contributed by atoms with Gasteiger partial charge in [0.05, 0.1) is 11.0 Å². The maximum absolute atomic E-state index is 12.2. The molecule has 9 nitrogen and oxygen atoms in total. The Bertz CT molecular complexity index is 577. The van der Waals surface area contributed by atoms with Gasteiger partial charge in [0, 0.05) is 26.7 Å². The number of aryl methyl sites for hydroxylation is 1. The molecule has 22 heavy (non-hydrogen) atoms. The van der Waals surface area contributed by atoms with Crippen LogP contribution in [0.4, 0.5) is 10.5 Å². The van der Waals surface area contributed by atoms with Crippen molar-refractivity contribution in [2.45, 2.75) is 32.4 Å². The van der Waals surface area contributed by atoms with Crippen LogP contribution in [0.3, 0.4) is 0 Å². The largest absolute Gasteiger partial charge is 0.444 e. The summed E-state index contributed by atoms with van der Waals surface area (Å²) in [7, 11) is 1.65. The van der Waals surface area contributed by atoms with Gasteiger partial charge >= 0.3 is 11.8 Å². The molecule has 1 aliphatic heterocycles. The van der Waals surface area contributed by atoms with E-state index in [1.54, 1.807) is 32.7 Å². The molecular weight excluding hydrogens is 290 g/mol. The first-order chi connectivity index (χ1) is 10.2. The van der Waals surface area contributed by atoms with Gasteiger partial charge in [-0.1, -0.05) is 0 Å². The zero-order chi connectivity index (χ0) is 16.5. The molecule has 1 aromatic rings. The van der Waals surface area contributed by atoms with Crippen molar-refractivity contribution in [3.63, 3.8) is 0 Å². The average Bonchev–Trinajstić information content (AvgIpc) is 2.79. The van der Waals surface area contributed by atoms with Gasteiger partial charge in [-0.2, -0.15) is 5.10 Å². The zero-order valence-electron chi connectivity index (χ0n) is 13.2. The number of hydrogen-bond donors (Lipinski definition) is 1. The molecule has 2 rings (SSSR count). The normalized spacial score (nSPS) is 19.1. The van der Waals surface area contributed by atoms with E-state index in [1.165, 1.54) is 10.9 Å². The van der Waals surface area contributed by atoms with Gasteiger partial charge in [0.2, 0.25) is 0 Å². The van der Waals surface area contributed by atoms with Gasteiger partial charge in [-0.15, -0.1) is 0 Å². The summed E-state index contributed by atoms with van der Waals surface area (Å²) in [6.07, 6.45) is 0.813. The molecule has 1 unspecified atom stereocenters. The molecule has 1 N–H and O–H groups in total. The first-order valence-electron chi connectivity index (χ1n) is 7.06. The summed E-state index contributed by atoms with van der Waals surface area (Å²) in [5.41, 5.74) is -0.167. The third-order valence-corrected chi connectivity index (χ3v) is 3.32. The molecule has 1 atom stereocenters. The Hall–Kier alpha value is -2.16. The number of aromatic nitrogens is 2. The summed E-state index contributed by atoms with van der Waals surface area (Å²) in [6.45, 7) is 6.74. The molecule has 1 aliphatic rings. The standard InChI is InChI=1S/C13H21N5O4/c1-13(2,3)22-12(19)17-6-5-14-9(8-17)11-10(18(20)21)7-15-16(11)4/h7,9,14H,5-6,8H2,1-4H3. The lowest BCUT2D eigenvalue weighted by Gasteiger charge is -2.34. The summed E-state index contributed by atoms with van der Waals surface area (Å²) < 4.78 is 6.82. The van der Waals surface area contributed by atoms with Crippen LogP contribution in [0, 0.1) is 10.1 Å². The topological polar surface area (TPSA) is 103 Å². The molecule has 1 saturated heterocycles. The number of carbonyl (C=O) groups excluding carboxylic acids is 1. The maximum Gasteiger partial charge on any atom is 0.410 e. The van der Waals surface area contributed by atoms with Gasteiger partial charge in [0.1, 0.15) is 17.5 Å². The summed E-state index contributed by atoms with van der Waals surface area (Å²) in [4.78, 5) is 24.3. The van der Waals surface area contributed by atoms with Crippen molar-refractivity contribution in [3.8, 4) is 0 Å². The second-order valence-corrected chi connectivity index (χ2v) is 6.23. The van der Waals surface area contributed by atoms with Crippen molar-refractivity contribution in [1.82, 2.24) is 20.0 Å². The van der Waals surface area contributed by atoms with Crippen LogP contribution >= 0.6 is 0 Å². The van der Waals surface area contributed by atoms with Crippen LogP contribution in [0.2, 0.25) is 0 Å². The van der Waals surface area contributed by atoms with Crippen molar-refractivity contribution in [1.29, 1.82) is 0 Å². The number of amides is 1. The Morgan fingerprint density at radius 3 is 2.82 bits per heavy atom. The number of piperazine rings is 1. The van der Waals surface area contributed by atoms with Gasteiger partial charge in [-0.05, 0) is 20.8 Å². The highest BCUT2D eigenvalue weighted by Crippen LogP contribution is 2.26. The monoisotopic (exact) mass is 311 g/mol. The molecule has 0 spiro atoms. The lowest BCUT2D eigenvalue weighted by atomic mass is 10.1. The van der Waals surface area contributed by atoms with E-state index in [0.717, 1.165) is 0 Å². The van der Waals surface area contributed by atoms with Crippen molar-refractivity contribution in [2.75, 3.05) is 19.6 Å². The Morgan fingerprint density at radius 1 is 1.55 bits per heavy atom. The molecule has 1 amide bonds. The first-order valence-corrected chi connectivity index (χ1v) is 7.06. The lowest BCUT2D eigenvalue weighted by molar-refractivity contribution is -0.385. The fourth-order valence-corrected chi connectivity index (χ4v) is 2.41. The molecular formula is C13H21N5O4. The number of carbonyl (C=O) groups is 1. The third kappa shape index (κ3) is 3.53. The van der Waals surface area contributed by atoms with Gasteiger partial charge < -0.3 is 15.0 Å². The van der Waals surface area contributed by atoms with E-state index >= 15 is 0 Å². The fourth-order valence-electron chi connectivity index (χ4n) is 2.41. The molecule has 0 bridgehead atoms. The molecule has 1 fully saturated rings. The van der Waals surface area contributed by atoms with Gasteiger partial charge in [0.15, 0.2) is 0 Å². The molecule has 0 aliphatic carbocycles. The number of nitrogens with one attached hydrogen (secondary N) is 1. The van der Waals surface area contributed by atoms with Crippen LogP contribution in [-0.2, 0) is 11.8 Å². The Balaban J connectivity index is 2.16. The van der Waals surface area contributed by atoms with E-state index < -0.39 is 16.6 Å². The predicted molar refractivity (Wildman–Crippen MR) is 78.4 cm³/mol. The smallest absolute Gasteiger partial charge is 0.410 e. The van der Waals surface area contributed by atoms with E-state index in [4.69, 9.17) is 4.74 Å². The second kappa shape index (κ2) is 5.91. The van der Waals surface area contributed by atoms with Crippen molar-refractivity contribution in [2.24, 2.45) is 7.05 Å². The van der Waals surface area contributed by atoms with Crippen molar-refractivity contribution in [3.05, 3.63) is 22.0 Å². The fraction of sp³-hybridized carbons (Fsp3) is 0.692. The number of rotatable bonds is 2. The van der Waals surface area contributed by atoms with E-state index in [-0.39, 0.29) is 11.7 Å². The molecule has 1 aromatic heterocycles. The zero-order valence-corrected chi connectivity index (χ0v) is 13.2. The SMILES string of the molecule is Cn1ncc([N+](=O)[O-])c1C1CN(C(=O)OC(C)(C)C)CCN1. The molecule has 0 aromatic carbocycles. The first kappa shape index (κ1) is 16.2. The van der Waals surface area contributed by atoms with Crippen LogP contribution in [0.1, 0.15) is 32.5 Å². The minimum Gasteiger partial charge on any atom is -0.444 e. The van der Waals surface area contributed by atoms with E-state index in [9.17, 15) is 14.9 Å². The predicted octanol–water partition coefficient (Wildman–Crippen LogP) is 1.21. The van der Waals surface area contributed by atoms with Gasteiger partial charge in [-0.3, -0.25) is 14.8 Å². The van der Waals surface area contributed by atoms with Crippen LogP contribution in [0.5, 0.6) is 0 Å². The van der Waals surface area contributed by atoms with Crippen LogP contribution in [0.15, 0.2) is 6.20 Å². The summed E-state index contributed by atoms with van der Waals surface area (Å²) in [6, 6.07) is -0.353. The molecule has 0 saturated carbocycles. The summed E-state index contributed by atoms with van der Waals surface area (Å²) >= 11 is 0. The minimum absolute atomic E-state index is 0.0500. The molecule has 2 heterocycles. The van der Waals surface area contributed by atoms with Gasteiger partial charge in [0.25, 0.3) is 0 Å². The van der Waals surface area contributed by atoms with Crippen LogP contribution in [-0.4, -0.2) is 50.9 Å². The highest BCUT2D eigenvalue weighted by Gasteiger charge is 2.33. The van der Waals surface area contributed by atoms with E-state index in [1.807, 2.05) is 0 Å². The Morgan fingerprint density at radius 2 is 2.23 bits per heavy atom. The molecule has 122 valence electrons. The minimum atomic E-state index is -0.573. The van der Waals surface area contributed by atoms with E-state index in [2.05, 4.69) is 10.4 Å². The highest BCUT2D eigenvalue weighted by molar-refractivity contribution is 5.68. The lowest BCUT2D eigenvalue weighted by Crippen LogP contribution is -2.50. The quantitative estimate of drug-likeness (QED) is 0.650. The Labute approximate surface area is 128 Å². The Kier molecular flexibility index (Phi) is 4.36. The maximum atomic E-state index is 12.2. The number of nitro groups is 1. The third-order valence-electron chi connectivity index (χ3n) is 3.32. The number of ether oxygens (including phenoxy) is 1. The number of hydrogen-bond acceptors (Lipinski definition) is 6.